The number of rotatable bonds is 5. The number of fused-ring (bicyclic) bond motifs is 1. The summed E-state index contributed by atoms with van der Waals surface area (Å²) in [5, 5.41) is 0.922. The number of hydrogen-bond acceptors (Lipinski definition) is 5. The van der Waals surface area contributed by atoms with Gasteiger partial charge in [-0.2, -0.15) is 0 Å². The maximum absolute atomic E-state index is 12.8. The van der Waals surface area contributed by atoms with Gasteiger partial charge in [0.05, 0.1) is 0 Å². The third-order valence-corrected chi connectivity index (χ3v) is 9.44. The summed E-state index contributed by atoms with van der Waals surface area (Å²) in [6, 6.07) is 14.8. The predicted molar refractivity (Wildman–Crippen MR) is 135 cm³/mol. The molecule has 3 heterocycles. The number of carbonyl (C=O) groups is 1. The number of benzene rings is 2. The van der Waals surface area contributed by atoms with Crippen molar-refractivity contribution in [1.82, 2.24) is 19.4 Å². The predicted octanol–water partition coefficient (Wildman–Crippen LogP) is 1.76. The summed E-state index contributed by atoms with van der Waals surface area (Å²) in [6.45, 7) is 3.69. The molecule has 7 nitrogen and oxygen atoms in total. The van der Waals surface area contributed by atoms with Crippen molar-refractivity contribution in [3.8, 4) is 5.69 Å². The number of aromatic nitrogens is 3. The number of nitrogens with zero attached hydrogens (tertiary/aromatic N) is 4. The number of aryl methyl sites for hydroxylation is 1. The third-order valence-electron chi connectivity index (χ3n) is 6.08. The van der Waals surface area contributed by atoms with E-state index in [2.05, 4.69) is 11.1 Å². The van der Waals surface area contributed by atoms with E-state index in [1.165, 1.54) is 10.6 Å². The molecule has 0 spiro atoms. The summed E-state index contributed by atoms with van der Waals surface area (Å²) in [5.74, 6) is 0.124. The van der Waals surface area contributed by atoms with Crippen molar-refractivity contribution in [2.24, 2.45) is 0 Å². The van der Waals surface area contributed by atoms with E-state index in [4.69, 9.17) is 4.98 Å². The molecule has 9 heteroatoms. The molecular weight excluding hydrogens is 511 g/mol. The number of likely N-dealkylation sites (tertiary alicyclic amines) is 1. The monoisotopic (exact) mass is 536 g/mol. The molecule has 4 aromatic rings. The van der Waals surface area contributed by atoms with Crippen LogP contribution in [-0.2, 0) is 9.84 Å². The Bertz CT molecular complexity index is 1490. The van der Waals surface area contributed by atoms with Crippen LogP contribution in [0.5, 0.6) is 0 Å². The van der Waals surface area contributed by atoms with Gasteiger partial charge in [-0.15, -0.1) is 0 Å². The SMILES string of the molecule is Cc1cc([AsH]c2ncc3ccn(-c4ccc(S(C)(=O)=O)cc4)c3n2)ccc1C(=O)N1CCCC1. The Morgan fingerprint density at radius 2 is 1.76 bits per heavy atom. The molecule has 1 aliphatic heterocycles. The van der Waals surface area contributed by atoms with Gasteiger partial charge < -0.3 is 0 Å². The van der Waals surface area contributed by atoms with Crippen molar-refractivity contribution in [3.63, 3.8) is 0 Å². The summed E-state index contributed by atoms with van der Waals surface area (Å²) in [5.41, 5.74) is 3.40. The molecule has 0 radical (unpaired) electrons. The molecule has 5 rings (SSSR count). The first-order valence-corrected chi connectivity index (χ1v) is 15.1. The van der Waals surface area contributed by atoms with Gasteiger partial charge in [0.2, 0.25) is 0 Å². The molecule has 0 N–H and O–H groups in total. The van der Waals surface area contributed by atoms with Crippen molar-refractivity contribution >= 4 is 51.5 Å². The van der Waals surface area contributed by atoms with Crippen LogP contribution in [0.2, 0.25) is 0 Å². The van der Waals surface area contributed by atoms with Crippen LogP contribution < -0.4 is 8.96 Å². The van der Waals surface area contributed by atoms with Crippen LogP contribution in [0.4, 0.5) is 0 Å². The zero-order valence-electron chi connectivity index (χ0n) is 19.0. The van der Waals surface area contributed by atoms with Crippen LogP contribution in [-0.4, -0.2) is 68.9 Å². The number of hydrogen-bond donors (Lipinski definition) is 0. The van der Waals surface area contributed by atoms with Crippen molar-refractivity contribution in [2.75, 3.05) is 19.3 Å². The summed E-state index contributed by atoms with van der Waals surface area (Å²) in [7, 11) is -3.24. The quantitative estimate of drug-likeness (QED) is 0.363. The second-order valence-corrected chi connectivity index (χ2v) is 13.3. The van der Waals surface area contributed by atoms with E-state index < -0.39 is 25.6 Å². The average Bonchev–Trinajstić information content (AvgIpc) is 3.48. The first kappa shape index (κ1) is 22.8. The van der Waals surface area contributed by atoms with Crippen LogP contribution in [0.1, 0.15) is 28.8 Å². The van der Waals surface area contributed by atoms with Crippen LogP contribution in [0, 0.1) is 6.92 Å². The second kappa shape index (κ2) is 9.00. The molecule has 1 saturated heterocycles. The van der Waals surface area contributed by atoms with Gasteiger partial charge in [-0.1, -0.05) is 0 Å². The van der Waals surface area contributed by atoms with Gasteiger partial charge in [0.25, 0.3) is 0 Å². The third kappa shape index (κ3) is 4.52. The normalized spacial score (nSPS) is 14.5. The van der Waals surface area contributed by atoms with Crippen molar-refractivity contribution in [3.05, 3.63) is 72.1 Å². The van der Waals surface area contributed by atoms with E-state index in [0.717, 1.165) is 58.4 Å². The second-order valence-electron chi connectivity index (χ2n) is 8.58. The molecule has 1 aliphatic rings. The van der Waals surface area contributed by atoms with Crippen molar-refractivity contribution in [1.29, 1.82) is 0 Å². The molecule has 174 valence electrons. The molecule has 34 heavy (non-hydrogen) atoms. The summed E-state index contributed by atoms with van der Waals surface area (Å²) >= 11 is -0.792. The molecule has 2 aromatic heterocycles. The number of sulfone groups is 1. The molecule has 1 amide bonds. The fourth-order valence-corrected chi connectivity index (χ4v) is 6.98. The topological polar surface area (TPSA) is 85.2 Å². The maximum atomic E-state index is 12.8. The molecule has 1 fully saturated rings. The Balaban J connectivity index is 1.41. The van der Waals surface area contributed by atoms with Gasteiger partial charge in [-0.3, -0.25) is 0 Å². The van der Waals surface area contributed by atoms with Crippen LogP contribution >= 0.6 is 0 Å². The number of carbonyl (C=O) groups excluding carboxylic acids is 1. The van der Waals surface area contributed by atoms with E-state index in [0.29, 0.717) is 0 Å². The van der Waals surface area contributed by atoms with Crippen LogP contribution in [0.3, 0.4) is 0 Å². The van der Waals surface area contributed by atoms with Crippen LogP contribution in [0.25, 0.3) is 16.7 Å². The van der Waals surface area contributed by atoms with Crippen molar-refractivity contribution in [2.45, 2.75) is 24.7 Å². The zero-order valence-corrected chi connectivity index (χ0v) is 21.9. The fourth-order valence-electron chi connectivity index (χ4n) is 4.24. The van der Waals surface area contributed by atoms with Crippen molar-refractivity contribution < 1.29 is 13.2 Å². The molecule has 0 aliphatic carbocycles. The Kier molecular flexibility index (Phi) is 6.04. The minimum absolute atomic E-state index is 0.124. The van der Waals surface area contributed by atoms with Gasteiger partial charge in [0.15, 0.2) is 0 Å². The van der Waals surface area contributed by atoms with Gasteiger partial charge >= 0.3 is 206 Å². The van der Waals surface area contributed by atoms with E-state index >= 15 is 0 Å². The van der Waals surface area contributed by atoms with E-state index in [-0.39, 0.29) is 10.8 Å². The summed E-state index contributed by atoms with van der Waals surface area (Å²) < 4.78 is 27.5. The Labute approximate surface area is 205 Å². The fraction of sp³-hybridized carbons (Fsp3) is 0.240. The molecule has 0 bridgehead atoms. The van der Waals surface area contributed by atoms with Crippen LogP contribution in [0.15, 0.2) is 65.8 Å². The minimum atomic E-state index is -3.24. The van der Waals surface area contributed by atoms with Gasteiger partial charge in [0, 0.05) is 0 Å². The van der Waals surface area contributed by atoms with E-state index in [9.17, 15) is 13.2 Å². The van der Waals surface area contributed by atoms with E-state index in [1.54, 1.807) is 24.3 Å². The van der Waals surface area contributed by atoms with Gasteiger partial charge in [-0.05, 0) is 0 Å². The Morgan fingerprint density at radius 3 is 2.44 bits per heavy atom. The molecule has 0 saturated carbocycles. The van der Waals surface area contributed by atoms with E-state index in [1.807, 2.05) is 47.0 Å². The Morgan fingerprint density at radius 1 is 1.03 bits per heavy atom. The zero-order chi connectivity index (χ0) is 23.9. The summed E-state index contributed by atoms with van der Waals surface area (Å²) in [4.78, 5) is 24.4. The molecular formula is C25H25AsN4O3S. The molecule has 1 unspecified atom stereocenters. The number of amides is 1. The molecule has 1 atom stereocenters. The average molecular weight is 536 g/mol. The van der Waals surface area contributed by atoms with Gasteiger partial charge in [0.1, 0.15) is 0 Å². The van der Waals surface area contributed by atoms with Gasteiger partial charge in [-0.25, -0.2) is 0 Å². The molecule has 2 aromatic carbocycles. The summed E-state index contributed by atoms with van der Waals surface area (Å²) in [6.07, 6.45) is 7.12. The standard InChI is InChI=1S/C25H25AsN4O3S/c1-17-15-19(5-10-22(17)24(31)29-12-3-4-13-29)26-25-27-16-18-11-14-30(23(18)28-25)20-6-8-21(9-7-20)34(2,32)33/h5-11,14-16,26H,3-4,12-13H2,1-2H3. The first-order chi connectivity index (χ1) is 16.3. The first-order valence-electron chi connectivity index (χ1n) is 11.1. The Hall–Kier alpha value is -2.96.